The van der Waals surface area contributed by atoms with Gasteiger partial charge in [-0.25, -0.2) is 0 Å². The number of carbonyl (C=O) groups is 1. The average Bonchev–Trinajstić information content (AvgIpc) is 2.48. The summed E-state index contributed by atoms with van der Waals surface area (Å²) in [4.78, 5) is 13.7. The number of nitrogens with zero attached hydrogens (tertiary/aromatic N) is 1. The van der Waals surface area contributed by atoms with Crippen LogP contribution in [0.5, 0.6) is 0 Å². The van der Waals surface area contributed by atoms with Gasteiger partial charge in [-0.3, -0.25) is 4.79 Å². The van der Waals surface area contributed by atoms with E-state index in [1.54, 1.807) is 4.90 Å². The van der Waals surface area contributed by atoms with Crippen molar-refractivity contribution in [2.24, 2.45) is 5.92 Å². The molecule has 1 aromatic carbocycles. The molecule has 1 fully saturated rings. The number of benzene rings is 1. The Balaban J connectivity index is 1.86. The van der Waals surface area contributed by atoms with Gasteiger partial charge >= 0.3 is 6.18 Å². The van der Waals surface area contributed by atoms with E-state index in [2.05, 4.69) is 0 Å². The molecule has 0 saturated carbocycles. The molecule has 6 heteroatoms. The Labute approximate surface area is 127 Å². The van der Waals surface area contributed by atoms with Gasteiger partial charge in [0.2, 0.25) is 5.91 Å². The maximum Gasteiger partial charge on any atom is 0.414 e. The molecular formula is C16H20F3NO2. The Morgan fingerprint density at radius 3 is 2.32 bits per heavy atom. The smallest absolute Gasteiger partial charge is 0.383 e. The minimum atomic E-state index is -4.58. The van der Waals surface area contributed by atoms with Gasteiger partial charge in [0, 0.05) is 13.1 Å². The molecule has 1 heterocycles. The number of alkyl halides is 3. The lowest BCUT2D eigenvalue weighted by molar-refractivity contribution is -0.222. The van der Waals surface area contributed by atoms with E-state index in [9.17, 15) is 23.1 Å². The number of hydrogen-bond acceptors (Lipinski definition) is 2. The zero-order valence-electron chi connectivity index (χ0n) is 12.4. The summed E-state index contributed by atoms with van der Waals surface area (Å²) >= 11 is 0. The highest BCUT2D eigenvalue weighted by Crippen LogP contribution is 2.31. The number of aryl methyl sites for hydroxylation is 1. The van der Waals surface area contributed by atoms with Crippen LogP contribution in [-0.4, -0.2) is 41.3 Å². The second kappa shape index (κ2) is 6.69. The van der Waals surface area contributed by atoms with Crippen molar-refractivity contribution >= 4 is 5.91 Å². The van der Waals surface area contributed by atoms with E-state index >= 15 is 0 Å². The van der Waals surface area contributed by atoms with E-state index in [0.717, 1.165) is 11.1 Å². The van der Waals surface area contributed by atoms with Crippen LogP contribution in [0.4, 0.5) is 13.2 Å². The van der Waals surface area contributed by atoms with Gasteiger partial charge in [0.1, 0.15) is 0 Å². The third-order valence-electron chi connectivity index (χ3n) is 4.15. The third kappa shape index (κ3) is 4.22. The molecule has 1 N–H and O–H groups in total. The van der Waals surface area contributed by atoms with Gasteiger partial charge in [-0.05, 0) is 31.2 Å². The summed E-state index contributed by atoms with van der Waals surface area (Å²) in [7, 11) is 0. The van der Waals surface area contributed by atoms with Crippen molar-refractivity contribution in [2.75, 3.05) is 13.1 Å². The van der Waals surface area contributed by atoms with Crippen molar-refractivity contribution in [1.82, 2.24) is 4.90 Å². The van der Waals surface area contributed by atoms with Crippen LogP contribution in [0.15, 0.2) is 24.3 Å². The standard InChI is InChI=1S/C16H20F3NO2/c1-11-2-4-12(5-3-11)10-14(21)20-8-6-13(7-9-20)15(22)16(17,18)19/h2-5,13,15,22H,6-10H2,1H3. The van der Waals surface area contributed by atoms with E-state index in [4.69, 9.17) is 0 Å². The number of hydrogen-bond donors (Lipinski definition) is 1. The summed E-state index contributed by atoms with van der Waals surface area (Å²) in [6, 6.07) is 7.61. The van der Waals surface area contributed by atoms with Crippen LogP contribution in [0.25, 0.3) is 0 Å². The first-order valence-corrected chi connectivity index (χ1v) is 7.35. The fourth-order valence-electron chi connectivity index (χ4n) is 2.72. The number of aliphatic hydroxyl groups excluding tert-OH is 1. The molecule has 1 amide bonds. The summed E-state index contributed by atoms with van der Waals surface area (Å²) < 4.78 is 37.4. The van der Waals surface area contributed by atoms with Crippen LogP contribution >= 0.6 is 0 Å². The molecule has 1 saturated heterocycles. The van der Waals surface area contributed by atoms with Gasteiger partial charge in [0.05, 0.1) is 6.42 Å². The zero-order chi connectivity index (χ0) is 16.3. The largest absolute Gasteiger partial charge is 0.414 e. The molecular weight excluding hydrogens is 295 g/mol. The Kier molecular flexibility index (Phi) is 5.11. The van der Waals surface area contributed by atoms with Crippen molar-refractivity contribution in [3.05, 3.63) is 35.4 Å². The molecule has 0 aliphatic carbocycles. The van der Waals surface area contributed by atoms with Gasteiger partial charge < -0.3 is 10.0 Å². The van der Waals surface area contributed by atoms with Gasteiger partial charge in [0.25, 0.3) is 0 Å². The minimum absolute atomic E-state index is 0.0798. The molecule has 2 rings (SSSR count). The highest BCUT2D eigenvalue weighted by atomic mass is 19.4. The fraction of sp³-hybridized carbons (Fsp3) is 0.562. The molecule has 0 aromatic heterocycles. The third-order valence-corrected chi connectivity index (χ3v) is 4.15. The van der Waals surface area contributed by atoms with Gasteiger partial charge in [-0.1, -0.05) is 29.8 Å². The first-order valence-electron chi connectivity index (χ1n) is 7.35. The van der Waals surface area contributed by atoms with Gasteiger partial charge in [-0.15, -0.1) is 0 Å². The molecule has 0 bridgehead atoms. The summed E-state index contributed by atoms with van der Waals surface area (Å²) in [6.45, 7) is 2.49. The van der Waals surface area contributed by atoms with E-state index in [1.807, 2.05) is 31.2 Å². The van der Waals surface area contributed by atoms with Crippen LogP contribution < -0.4 is 0 Å². The molecule has 1 aliphatic rings. The van der Waals surface area contributed by atoms with Crippen molar-refractivity contribution < 1.29 is 23.1 Å². The maximum atomic E-state index is 12.5. The van der Waals surface area contributed by atoms with Crippen molar-refractivity contribution in [1.29, 1.82) is 0 Å². The number of halogens is 3. The van der Waals surface area contributed by atoms with E-state index in [-0.39, 0.29) is 38.3 Å². The molecule has 122 valence electrons. The lowest BCUT2D eigenvalue weighted by Gasteiger charge is -2.34. The predicted octanol–water partition coefficient (Wildman–Crippen LogP) is 2.70. The summed E-state index contributed by atoms with van der Waals surface area (Å²) in [5.41, 5.74) is 2.01. The minimum Gasteiger partial charge on any atom is -0.383 e. The maximum absolute atomic E-state index is 12.5. The van der Waals surface area contributed by atoms with Gasteiger partial charge in [-0.2, -0.15) is 13.2 Å². The number of aliphatic hydroxyl groups is 1. The predicted molar refractivity (Wildman–Crippen MR) is 76.2 cm³/mol. The van der Waals surface area contributed by atoms with E-state index < -0.39 is 18.2 Å². The Morgan fingerprint density at radius 1 is 1.27 bits per heavy atom. The fourth-order valence-corrected chi connectivity index (χ4v) is 2.72. The number of carbonyl (C=O) groups excluding carboxylic acids is 1. The average molecular weight is 315 g/mol. The molecule has 1 aromatic rings. The first-order chi connectivity index (χ1) is 10.3. The Bertz CT molecular complexity index is 505. The second-order valence-corrected chi connectivity index (χ2v) is 5.87. The highest BCUT2D eigenvalue weighted by molar-refractivity contribution is 5.78. The molecule has 3 nitrogen and oxygen atoms in total. The monoisotopic (exact) mass is 315 g/mol. The number of rotatable bonds is 3. The molecule has 22 heavy (non-hydrogen) atoms. The Morgan fingerprint density at radius 2 is 1.82 bits per heavy atom. The van der Waals surface area contributed by atoms with Crippen LogP contribution in [0.2, 0.25) is 0 Å². The number of likely N-dealkylation sites (tertiary alicyclic amines) is 1. The molecule has 1 aliphatic heterocycles. The normalized spacial score (nSPS) is 18.3. The van der Waals surface area contributed by atoms with Crippen molar-refractivity contribution in [3.8, 4) is 0 Å². The van der Waals surface area contributed by atoms with E-state index in [1.165, 1.54) is 0 Å². The second-order valence-electron chi connectivity index (χ2n) is 5.87. The van der Waals surface area contributed by atoms with Gasteiger partial charge in [0.15, 0.2) is 6.10 Å². The quantitative estimate of drug-likeness (QED) is 0.932. The Hall–Kier alpha value is -1.56. The van der Waals surface area contributed by atoms with Crippen molar-refractivity contribution in [2.45, 2.75) is 38.5 Å². The topological polar surface area (TPSA) is 40.5 Å². The van der Waals surface area contributed by atoms with Crippen LogP contribution in [0.1, 0.15) is 24.0 Å². The first kappa shape index (κ1) is 16.8. The molecule has 1 atom stereocenters. The van der Waals surface area contributed by atoms with Crippen LogP contribution in [-0.2, 0) is 11.2 Å². The lowest BCUT2D eigenvalue weighted by atomic mass is 9.90. The molecule has 1 unspecified atom stereocenters. The molecule has 0 spiro atoms. The zero-order valence-corrected chi connectivity index (χ0v) is 12.4. The number of piperidine rings is 1. The summed E-state index contributed by atoms with van der Waals surface area (Å²) in [5.74, 6) is -0.896. The van der Waals surface area contributed by atoms with Crippen molar-refractivity contribution in [3.63, 3.8) is 0 Å². The number of amides is 1. The SMILES string of the molecule is Cc1ccc(CC(=O)N2CCC(C(O)C(F)(F)F)CC2)cc1. The van der Waals surface area contributed by atoms with Crippen LogP contribution in [0, 0.1) is 12.8 Å². The molecule has 0 radical (unpaired) electrons. The highest BCUT2D eigenvalue weighted by Gasteiger charge is 2.44. The summed E-state index contributed by atoms with van der Waals surface area (Å²) in [5, 5.41) is 9.27. The summed E-state index contributed by atoms with van der Waals surface area (Å²) in [6.07, 6.45) is -6.26. The van der Waals surface area contributed by atoms with Crippen LogP contribution in [0.3, 0.4) is 0 Å². The van der Waals surface area contributed by atoms with E-state index in [0.29, 0.717) is 0 Å². The lowest BCUT2D eigenvalue weighted by Crippen LogP contribution is -2.45.